The minimum atomic E-state index is 0.346. The Balaban J connectivity index is 1.64. The van der Waals surface area contributed by atoms with Crippen LogP contribution in [-0.4, -0.2) is 20.6 Å². The first-order valence-electron chi connectivity index (χ1n) is 6.40. The second kappa shape index (κ2) is 5.16. The van der Waals surface area contributed by atoms with Gasteiger partial charge < -0.3 is 5.32 Å². The second-order valence-electron chi connectivity index (χ2n) is 4.73. The first-order valence-corrected chi connectivity index (χ1v) is 7.22. The molecule has 1 unspecified atom stereocenters. The van der Waals surface area contributed by atoms with Crippen LogP contribution < -0.4 is 5.32 Å². The Morgan fingerprint density at radius 3 is 3.11 bits per heavy atom. The predicted molar refractivity (Wildman–Crippen MR) is 70.4 cm³/mol. The molecule has 0 aromatic carbocycles. The molecule has 1 atom stereocenters. The summed E-state index contributed by atoms with van der Waals surface area (Å²) in [7, 11) is 0. The van der Waals surface area contributed by atoms with E-state index in [1.807, 2.05) is 11.3 Å². The van der Waals surface area contributed by atoms with Crippen molar-refractivity contribution in [1.82, 2.24) is 25.9 Å². The molecule has 1 aliphatic rings. The van der Waals surface area contributed by atoms with Crippen LogP contribution in [0.25, 0.3) is 0 Å². The lowest BCUT2D eigenvalue weighted by molar-refractivity contribution is 0.566. The molecule has 6 heteroatoms. The van der Waals surface area contributed by atoms with E-state index >= 15 is 0 Å². The van der Waals surface area contributed by atoms with Gasteiger partial charge in [-0.25, -0.2) is 0 Å². The Hall–Kier alpha value is -1.27. The largest absolute Gasteiger partial charge is 0.302 e. The second-order valence-corrected chi connectivity index (χ2v) is 5.90. The fourth-order valence-corrected chi connectivity index (χ4v) is 3.61. The molecule has 0 aliphatic heterocycles. The summed E-state index contributed by atoms with van der Waals surface area (Å²) in [6, 6.07) is 2.71. The molecule has 0 fully saturated rings. The van der Waals surface area contributed by atoms with Crippen LogP contribution in [0.15, 0.2) is 6.07 Å². The molecule has 2 aromatic heterocycles. The third kappa shape index (κ3) is 2.44. The Kier molecular flexibility index (Phi) is 3.38. The summed E-state index contributed by atoms with van der Waals surface area (Å²) in [5.41, 5.74) is 1.56. The Morgan fingerprint density at radius 1 is 1.44 bits per heavy atom. The van der Waals surface area contributed by atoms with Crippen LogP contribution in [0.3, 0.4) is 0 Å². The molecule has 0 spiro atoms. The van der Waals surface area contributed by atoms with Gasteiger partial charge in [0.15, 0.2) is 5.82 Å². The maximum absolute atomic E-state index is 3.94. The van der Waals surface area contributed by atoms with Crippen molar-refractivity contribution in [2.45, 2.75) is 45.2 Å². The number of aromatic amines is 1. The third-order valence-corrected chi connectivity index (χ3v) is 4.82. The summed E-state index contributed by atoms with van der Waals surface area (Å²) in [6.07, 6.45) is 5.20. The summed E-state index contributed by atoms with van der Waals surface area (Å²) < 4.78 is 0. The van der Waals surface area contributed by atoms with Gasteiger partial charge in [-0.2, -0.15) is 5.21 Å². The number of fused-ring (bicyclic) bond motifs is 1. The fourth-order valence-electron chi connectivity index (χ4n) is 2.33. The van der Waals surface area contributed by atoms with Crippen LogP contribution >= 0.6 is 11.3 Å². The number of thiophene rings is 1. The average molecular weight is 263 g/mol. The third-order valence-electron chi connectivity index (χ3n) is 3.40. The molecule has 2 N–H and O–H groups in total. The molecule has 0 saturated carbocycles. The molecule has 0 saturated heterocycles. The number of tetrazole rings is 1. The Labute approximate surface area is 110 Å². The van der Waals surface area contributed by atoms with Crippen molar-refractivity contribution in [2.75, 3.05) is 0 Å². The van der Waals surface area contributed by atoms with Crippen molar-refractivity contribution in [3.8, 4) is 0 Å². The highest BCUT2D eigenvalue weighted by atomic mass is 32.1. The summed E-state index contributed by atoms with van der Waals surface area (Å²) in [4.78, 5) is 3.01. The molecule has 2 heterocycles. The van der Waals surface area contributed by atoms with Gasteiger partial charge >= 0.3 is 0 Å². The van der Waals surface area contributed by atoms with Gasteiger partial charge in [0.2, 0.25) is 0 Å². The van der Waals surface area contributed by atoms with Crippen molar-refractivity contribution in [2.24, 2.45) is 0 Å². The summed E-state index contributed by atoms with van der Waals surface area (Å²) in [5.74, 6) is 0.711. The molecule has 3 rings (SSSR count). The van der Waals surface area contributed by atoms with Gasteiger partial charge in [0.25, 0.3) is 0 Å². The van der Waals surface area contributed by atoms with E-state index in [2.05, 4.69) is 38.9 Å². The van der Waals surface area contributed by atoms with E-state index in [9.17, 15) is 0 Å². The van der Waals surface area contributed by atoms with Crippen LogP contribution in [0.1, 0.15) is 46.9 Å². The number of rotatable bonds is 4. The molecule has 0 amide bonds. The van der Waals surface area contributed by atoms with Gasteiger partial charge in [-0.05, 0) is 44.2 Å². The van der Waals surface area contributed by atoms with Crippen LogP contribution in [-0.2, 0) is 19.4 Å². The minimum absolute atomic E-state index is 0.346. The van der Waals surface area contributed by atoms with Crippen molar-refractivity contribution in [3.05, 3.63) is 27.2 Å². The SMILES string of the molecule is CC(NCc1nn[nH]n1)c1cc2c(s1)CCCC2. The number of hydrogen-bond donors (Lipinski definition) is 2. The van der Waals surface area contributed by atoms with Crippen LogP contribution in [0, 0.1) is 0 Å². The zero-order valence-electron chi connectivity index (χ0n) is 10.4. The molecular formula is C12H17N5S. The Morgan fingerprint density at radius 2 is 2.33 bits per heavy atom. The maximum Gasteiger partial charge on any atom is 0.188 e. The number of nitrogens with zero attached hydrogens (tertiary/aromatic N) is 3. The van der Waals surface area contributed by atoms with Crippen molar-refractivity contribution in [1.29, 1.82) is 0 Å². The lowest BCUT2D eigenvalue weighted by atomic mass is 9.99. The number of aryl methyl sites for hydroxylation is 2. The van der Waals surface area contributed by atoms with Crippen molar-refractivity contribution < 1.29 is 0 Å². The average Bonchev–Trinajstić information content (AvgIpc) is 3.04. The summed E-state index contributed by atoms with van der Waals surface area (Å²) in [5, 5.41) is 17.3. The Bertz CT molecular complexity index is 481. The summed E-state index contributed by atoms with van der Waals surface area (Å²) in [6.45, 7) is 2.84. The van der Waals surface area contributed by atoms with E-state index in [-0.39, 0.29) is 0 Å². The van der Waals surface area contributed by atoms with Crippen LogP contribution in [0.4, 0.5) is 0 Å². The molecule has 0 bridgehead atoms. The van der Waals surface area contributed by atoms with Gasteiger partial charge in [0.05, 0.1) is 6.54 Å². The van der Waals surface area contributed by atoms with E-state index in [1.165, 1.54) is 30.6 Å². The highest BCUT2D eigenvalue weighted by Gasteiger charge is 2.16. The standard InChI is InChI=1S/C12H17N5S/c1-8(13-7-12-14-16-17-15-12)11-6-9-4-2-3-5-10(9)18-11/h6,8,13H,2-5,7H2,1H3,(H,14,15,16,17). The van der Waals surface area contributed by atoms with Gasteiger partial charge in [-0.1, -0.05) is 5.21 Å². The number of hydrogen-bond acceptors (Lipinski definition) is 5. The highest BCUT2D eigenvalue weighted by molar-refractivity contribution is 7.12. The van der Waals surface area contributed by atoms with Gasteiger partial charge in [0, 0.05) is 15.8 Å². The summed E-state index contributed by atoms with van der Waals surface area (Å²) >= 11 is 1.95. The molecule has 1 aliphatic carbocycles. The van der Waals surface area contributed by atoms with Gasteiger partial charge in [-0.3, -0.25) is 0 Å². The smallest absolute Gasteiger partial charge is 0.188 e. The first kappa shape index (κ1) is 11.8. The monoisotopic (exact) mass is 263 g/mol. The van der Waals surface area contributed by atoms with Gasteiger partial charge in [-0.15, -0.1) is 21.5 Å². The molecule has 5 nitrogen and oxygen atoms in total. The van der Waals surface area contributed by atoms with Crippen molar-refractivity contribution >= 4 is 11.3 Å². The van der Waals surface area contributed by atoms with E-state index in [1.54, 1.807) is 10.4 Å². The minimum Gasteiger partial charge on any atom is -0.302 e. The van der Waals surface area contributed by atoms with Gasteiger partial charge in [0.1, 0.15) is 0 Å². The normalized spacial score (nSPS) is 16.5. The molecular weight excluding hydrogens is 246 g/mol. The highest BCUT2D eigenvalue weighted by Crippen LogP contribution is 2.32. The number of H-pyrrole nitrogens is 1. The van der Waals surface area contributed by atoms with E-state index in [0.717, 1.165) is 0 Å². The van der Waals surface area contributed by atoms with Crippen LogP contribution in [0.5, 0.6) is 0 Å². The number of aromatic nitrogens is 4. The van der Waals surface area contributed by atoms with E-state index in [0.29, 0.717) is 18.4 Å². The maximum atomic E-state index is 3.94. The molecule has 18 heavy (non-hydrogen) atoms. The molecule has 0 radical (unpaired) electrons. The fraction of sp³-hybridized carbons (Fsp3) is 0.583. The lowest BCUT2D eigenvalue weighted by Gasteiger charge is -2.09. The zero-order chi connectivity index (χ0) is 12.4. The lowest BCUT2D eigenvalue weighted by Crippen LogP contribution is -2.18. The number of nitrogens with one attached hydrogen (secondary N) is 2. The zero-order valence-corrected chi connectivity index (χ0v) is 11.3. The molecule has 96 valence electrons. The molecule has 2 aromatic rings. The van der Waals surface area contributed by atoms with E-state index < -0.39 is 0 Å². The quantitative estimate of drug-likeness (QED) is 0.885. The van der Waals surface area contributed by atoms with Crippen molar-refractivity contribution in [3.63, 3.8) is 0 Å². The van der Waals surface area contributed by atoms with E-state index in [4.69, 9.17) is 0 Å². The first-order chi connectivity index (χ1) is 8.83. The topological polar surface area (TPSA) is 66.5 Å². The predicted octanol–water partition coefficient (Wildman–Crippen LogP) is 1.99. The van der Waals surface area contributed by atoms with Crippen LogP contribution in [0.2, 0.25) is 0 Å².